The van der Waals surface area contributed by atoms with E-state index in [-0.39, 0.29) is 22.8 Å². The molecule has 0 bridgehead atoms. The first-order valence-electron chi connectivity index (χ1n) is 10.1. The van der Waals surface area contributed by atoms with Crippen molar-refractivity contribution in [1.29, 1.82) is 0 Å². The molecule has 0 aliphatic carbocycles. The maximum Gasteiger partial charge on any atom is 0.272 e. The van der Waals surface area contributed by atoms with Crippen LogP contribution in [-0.4, -0.2) is 39.5 Å². The summed E-state index contributed by atoms with van der Waals surface area (Å²) in [5.41, 5.74) is 8.31. The number of likely N-dealkylation sites (tertiary alicyclic amines) is 1. The van der Waals surface area contributed by atoms with Crippen molar-refractivity contribution in [1.82, 2.24) is 14.5 Å². The fraction of sp³-hybridized carbons (Fsp3) is 0.304. The number of benzene rings is 2. The number of hydrogen-bond donors (Lipinski definition) is 1. The van der Waals surface area contributed by atoms with Crippen molar-refractivity contribution in [2.75, 3.05) is 13.1 Å². The zero-order valence-electron chi connectivity index (χ0n) is 17.1. The summed E-state index contributed by atoms with van der Waals surface area (Å²) in [6.45, 7) is 3.16. The quantitative estimate of drug-likeness (QED) is 0.648. The van der Waals surface area contributed by atoms with Gasteiger partial charge in [-0.1, -0.05) is 23.7 Å². The summed E-state index contributed by atoms with van der Waals surface area (Å²) in [6.07, 6.45) is 3.02. The van der Waals surface area contributed by atoms with E-state index in [0.29, 0.717) is 42.3 Å². The highest BCUT2D eigenvalue weighted by Crippen LogP contribution is 2.27. The van der Waals surface area contributed by atoms with Gasteiger partial charge < -0.3 is 15.2 Å². The molecule has 2 aromatic carbocycles. The number of imidazole rings is 1. The van der Waals surface area contributed by atoms with E-state index in [4.69, 9.17) is 17.3 Å². The molecule has 2 heterocycles. The van der Waals surface area contributed by atoms with Gasteiger partial charge in [-0.25, -0.2) is 13.8 Å². The Kier molecular flexibility index (Phi) is 6.07. The molecule has 1 fully saturated rings. The molecule has 8 heteroatoms. The van der Waals surface area contributed by atoms with Crippen LogP contribution in [0.1, 0.15) is 34.5 Å². The summed E-state index contributed by atoms with van der Waals surface area (Å²) >= 11 is 5.98. The van der Waals surface area contributed by atoms with Crippen LogP contribution >= 0.6 is 11.6 Å². The zero-order valence-corrected chi connectivity index (χ0v) is 17.9. The second kappa shape index (κ2) is 8.77. The van der Waals surface area contributed by atoms with Crippen LogP contribution in [0.2, 0.25) is 5.02 Å². The molecule has 1 aliphatic rings. The van der Waals surface area contributed by atoms with Gasteiger partial charge in [-0.15, -0.1) is 0 Å². The minimum Gasteiger partial charge on any atom is -0.337 e. The third-order valence-electron chi connectivity index (χ3n) is 5.64. The fourth-order valence-corrected chi connectivity index (χ4v) is 4.00. The molecule has 0 atom stereocenters. The van der Waals surface area contributed by atoms with Crippen LogP contribution in [0, 0.1) is 18.6 Å². The van der Waals surface area contributed by atoms with Gasteiger partial charge in [-0.2, -0.15) is 0 Å². The van der Waals surface area contributed by atoms with Crippen molar-refractivity contribution in [3.05, 3.63) is 76.1 Å². The zero-order chi connectivity index (χ0) is 22.1. The van der Waals surface area contributed by atoms with Gasteiger partial charge in [-0.05, 0) is 55.2 Å². The fourth-order valence-electron chi connectivity index (χ4n) is 3.82. The average molecular weight is 445 g/mol. The summed E-state index contributed by atoms with van der Waals surface area (Å²) in [6, 6.07) is 9.26. The highest BCUT2D eigenvalue weighted by molar-refractivity contribution is 6.31. The van der Waals surface area contributed by atoms with Gasteiger partial charge >= 0.3 is 0 Å². The largest absolute Gasteiger partial charge is 0.337 e. The van der Waals surface area contributed by atoms with Crippen LogP contribution in [0.25, 0.3) is 11.4 Å². The Labute approximate surface area is 184 Å². The van der Waals surface area contributed by atoms with E-state index < -0.39 is 5.82 Å². The van der Waals surface area contributed by atoms with Gasteiger partial charge in [0.1, 0.15) is 23.2 Å². The number of nitrogens with two attached hydrogens (primary N) is 1. The van der Waals surface area contributed by atoms with Crippen LogP contribution in [0.4, 0.5) is 8.78 Å². The lowest BCUT2D eigenvalue weighted by Crippen LogP contribution is -2.43. The normalized spacial score (nSPS) is 14.8. The number of aromatic nitrogens is 2. The molecule has 3 aromatic rings. The number of aryl methyl sites for hydroxylation is 1. The van der Waals surface area contributed by atoms with Gasteiger partial charge in [-0.3, -0.25) is 4.79 Å². The molecule has 4 rings (SSSR count). The molecular weight excluding hydrogens is 422 g/mol. The van der Waals surface area contributed by atoms with Crippen LogP contribution < -0.4 is 5.73 Å². The number of halogens is 3. The Morgan fingerprint density at radius 3 is 2.55 bits per heavy atom. The van der Waals surface area contributed by atoms with E-state index in [2.05, 4.69) is 4.98 Å². The molecule has 0 saturated carbocycles. The maximum atomic E-state index is 13.7. The summed E-state index contributed by atoms with van der Waals surface area (Å²) in [4.78, 5) is 19.5. The van der Waals surface area contributed by atoms with Gasteiger partial charge in [0.15, 0.2) is 0 Å². The molecule has 5 nitrogen and oxygen atoms in total. The van der Waals surface area contributed by atoms with Crippen molar-refractivity contribution in [2.24, 2.45) is 5.73 Å². The van der Waals surface area contributed by atoms with Crippen LogP contribution in [0.3, 0.4) is 0 Å². The van der Waals surface area contributed by atoms with Crippen molar-refractivity contribution >= 4 is 17.5 Å². The first kappa shape index (κ1) is 21.5. The van der Waals surface area contributed by atoms with Crippen LogP contribution in [-0.2, 0) is 6.54 Å². The summed E-state index contributed by atoms with van der Waals surface area (Å²) in [5.74, 6) is -0.474. The van der Waals surface area contributed by atoms with Crippen LogP contribution in [0.15, 0.2) is 42.6 Å². The molecule has 2 N–H and O–H groups in total. The standard InChI is InChI=1S/C23H23ClF2N4O/c1-14-10-15(2-4-19(14)25)13-30-21(23(31)29-8-6-17(27)7-9-29)12-28-22(30)16-3-5-20(26)18(24)11-16/h2-5,10-12,17H,6-9,13,27H2,1H3. The molecular formula is C23H23ClF2N4O. The van der Waals surface area contributed by atoms with Gasteiger partial charge in [0.25, 0.3) is 5.91 Å². The molecule has 0 radical (unpaired) electrons. The Morgan fingerprint density at radius 1 is 1.16 bits per heavy atom. The number of hydrogen-bond acceptors (Lipinski definition) is 3. The van der Waals surface area contributed by atoms with E-state index in [1.54, 1.807) is 34.6 Å². The van der Waals surface area contributed by atoms with E-state index in [1.165, 1.54) is 24.4 Å². The minimum atomic E-state index is -0.529. The molecule has 0 unspecified atom stereocenters. The molecule has 1 amide bonds. The van der Waals surface area contributed by atoms with Gasteiger partial charge in [0.2, 0.25) is 0 Å². The lowest BCUT2D eigenvalue weighted by Gasteiger charge is -2.30. The Bertz CT molecular complexity index is 1120. The second-order valence-corrected chi connectivity index (χ2v) is 8.30. The number of amides is 1. The minimum absolute atomic E-state index is 0.0254. The third kappa shape index (κ3) is 4.48. The Balaban J connectivity index is 1.75. The monoisotopic (exact) mass is 444 g/mol. The van der Waals surface area contributed by atoms with E-state index >= 15 is 0 Å². The Hall–Kier alpha value is -2.77. The maximum absolute atomic E-state index is 13.7. The van der Waals surface area contributed by atoms with E-state index in [1.807, 2.05) is 0 Å². The Morgan fingerprint density at radius 2 is 1.87 bits per heavy atom. The third-order valence-corrected chi connectivity index (χ3v) is 5.93. The van der Waals surface area contributed by atoms with E-state index in [9.17, 15) is 13.6 Å². The number of rotatable bonds is 4. The number of carbonyl (C=O) groups excluding carboxylic acids is 1. The lowest BCUT2D eigenvalue weighted by atomic mass is 10.1. The molecule has 31 heavy (non-hydrogen) atoms. The number of piperidine rings is 1. The molecule has 1 aromatic heterocycles. The summed E-state index contributed by atoms with van der Waals surface area (Å²) in [5, 5.41) is -0.0254. The van der Waals surface area contributed by atoms with Crippen molar-refractivity contribution < 1.29 is 13.6 Å². The van der Waals surface area contributed by atoms with Crippen molar-refractivity contribution in [3.8, 4) is 11.4 Å². The first-order valence-corrected chi connectivity index (χ1v) is 10.5. The summed E-state index contributed by atoms with van der Waals surface area (Å²) in [7, 11) is 0. The van der Waals surface area contributed by atoms with Gasteiger partial charge in [0, 0.05) is 31.2 Å². The molecule has 1 aliphatic heterocycles. The second-order valence-electron chi connectivity index (χ2n) is 7.90. The highest BCUT2D eigenvalue weighted by atomic mass is 35.5. The first-order chi connectivity index (χ1) is 14.8. The topological polar surface area (TPSA) is 64.2 Å². The smallest absolute Gasteiger partial charge is 0.272 e. The SMILES string of the molecule is Cc1cc(Cn2c(C(=O)N3CCC(N)CC3)cnc2-c2ccc(F)c(Cl)c2)ccc1F. The van der Waals surface area contributed by atoms with Crippen molar-refractivity contribution in [2.45, 2.75) is 32.4 Å². The van der Waals surface area contributed by atoms with Gasteiger partial charge in [0.05, 0.1) is 11.2 Å². The van der Waals surface area contributed by atoms with Crippen molar-refractivity contribution in [3.63, 3.8) is 0 Å². The number of carbonyl (C=O) groups is 1. The molecule has 0 spiro atoms. The van der Waals surface area contributed by atoms with Crippen LogP contribution in [0.5, 0.6) is 0 Å². The predicted molar refractivity (Wildman–Crippen MR) is 116 cm³/mol. The lowest BCUT2D eigenvalue weighted by molar-refractivity contribution is 0.0704. The highest BCUT2D eigenvalue weighted by Gasteiger charge is 2.26. The number of nitrogens with zero attached hydrogens (tertiary/aromatic N) is 3. The predicted octanol–water partition coefficient (Wildman–Crippen LogP) is 4.40. The molecule has 1 saturated heterocycles. The molecule has 162 valence electrons. The van der Waals surface area contributed by atoms with E-state index in [0.717, 1.165) is 18.4 Å². The average Bonchev–Trinajstić information content (AvgIpc) is 3.16. The summed E-state index contributed by atoms with van der Waals surface area (Å²) < 4.78 is 29.2.